The molecule has 0 heterocycles. The van der Waals surface area contributed by atoms with Crippen molar-refractivity contribution < 1.29 is 4.39 Å². The van der Waals surface area contributed by atoms with Crippen LogP contribution in [0, 0.1) is 58.3 Å². The summed E-state index contributed by atoms with van der Waals surface area (Å²) in [5.41, 5.74) is 9.24. The van der Waals surface area contributed by atoms with Gasteiger partial charge in [-0.25, -0.2) is 4.39 Å². The lowest BCUT2D eigenvalue weighted by molar-refractivity contribution is 0.213. The van der Waals surface area contributed by atoms with Crippen LogP contribution in [-0.4, -0.2) is 0 Å². The van der Waals surface area contributed by atoms with Gasteiger partial charge in [0.15, 0.2) is 0 Å². The number of hydrogen-bond acceptors (Lipinski definition) is 0. The van der Waals surface area contributed by atoms with Gasteiger partial charge in [0.25, 0.3) is 0 Å². The molecule has 0 aliphatic heterocycles. The Morgan fingerprint density at radius 1 is 0.581 bits per heavy atom. The van der Waals surface area contributed by atoms with Gasteiger partial charge in [0, 0.05) is 0 Å². The van der Waals surface area contributed by atoms with Crippen LogP contribution >= 0.6 is 0 Å². The monoisotopic (exact) mass is 426 g/mol. The van der Waals surface area contributed by atoms with Gasteiger partial charge >= 0.3 is 0 Å². The third kappa shape index (κ3) is 6.45. The second-order valence-corrected chi connectivity index (χ2v) is 11.1. The molecule has 2 aliphatic rings. The van der Waals surface area contributed by atoms with Crippen molar-refractivity contribution in [2.24, 2.45) is 23.7 Å². The first-order valence-electron chi connectivity index (χ1n) is 13.2. The van der Waals surface area contributed by atoms with E-state index in [4.69, 9.17) is 0 Å². The number of hydrogen-bond donors (Lipinski definition) is 0. The molecule has 0 N–H and O–H groups in total. The molecule has 0 bridgehead atoms. The van der Waals surface area contributed by atoms with Gasteiger partial charge in [-0.15, -0.1) is 0 Å². The molecule has 174 valence electrons. The van der Waals surface area contributed by atoms with Gasteiger partial charge in [0.1, 0.15) is 0 Å². The van der Waals surface area contributed by atoms with Crippen molar-refractivity contribution >= 4 is 0 Å². The average Bonchev–Trinajstić information content (AvgIpc) is 2.80. The van der Waals surface area contributed by atoms with E-state index in [0.717, 1.165) is 36.4 Å². The number of allylic oxidation sites excluding steroid dienone is 1. The Bertz CT molecular complexity index is 698. The summed E-state index contributed by atoms with van der Waals surface area (Å²) in [7, 11) is 0. The maximum atomic E-state index is 12.2. The molecule has 3 rings (SSSR count). The van der Waals surface area contributed by atoms with Gasteiger partial charge in [-0.2, -0.15) is 0 Å². The first kappa shape index (κ1) is 24.5. The van der Waals surface area contributed by atoms with Gasteiger partial charge in [-0.1, -0.05) is 57.4 Å². The minimum Gasteiger partial charge on any atom is -0.216 e. The molecule has 0 spiro atoms. The Morgan fingerprint density at radius 3 is 1.42 bits per heavy atom. The summed E-state index contributed by atoms with van der Waals surface area (Å²) in [6.07, 6.45) is 20.2. The van der Waals surface area contributed by atoms with E-state index in [1.54, 1.807) is 22.8 Å². The van der Waals surface area contributed by atoms with Crippen molar-refractivity contribution in [1.29, 1.82) is 0 Å². The molecule has 2 fully saturated rings. The van der Waals surface area contributed by atoms with Crippen LogP contribution in [0.1, 0.15) is 110 Å². The molecule has 0 unspecified atom stereocenters. The lowest BCUT2D eigenvalue weighted by Gasteiger charge is -2.32. The zero-order valence-electron chi connectivity index (χ0n) is 21.0. The molecule has 0 nitrogen and oxygen atoms in total. The smallest absolute Gasteiger partial charge is 0.0827 e. The van der Waals surface area contributed by atoms with E-state index < -0.39 is 0 Å². The highest BCUT2D eigenvalue weighted by Crippen LogP contribution is 2.39. The summed E-state index contributed by atoms with van der Waals surface area (Å²) in [5, 5.41) is 0. The first-order chi connectivity index (χ1) is 14.9. The topological polar surface area (TPSA) is 0 Å². The first-order valence-corrected chi connectivity index (χ1v) is 13.2. The predicted octanol–water partition coefficient (Wildman–Crippen LogP) is 9.43. The number of benzene rings is 1. The SMILES string of the molecule is Cc1c(C)c(C)c(CCC2CCC(CCC3CCC(C/C=C/F)CC3)CC2)c(C)c1C. The van der Waals surface area contributed by atoms with Crippen LogP contribution in [0.4, 0.5) is 4.39 Å². The van der Waals surface area contributed by atoms with Gasteiger partial charge in [-0.3, -0.25) is 0 Å². The zero-order chi connectivity index (χ0) is 22.4. The molecule has 31 heavy (non-hydrogen) atoms. The molecule has 0 amide bonds. The van der Waals surface area contributed by atoms with E-state index in [2.05, 4.69) is 34.6 Å². The van der Waals surface area contributed by atoms with E-state index in [1.165, 1.54) is 93.7 Å². The van der Waals surface area contributed by atoms with Crippen molar-refractivity contribution in [2.75, 3.05) is 0 Å². The molecule has 2 aliphatic carbocycles. The molecule has 0 radical (unpaired) electrons. The summed E-state index contributed by atoms with van der Waals surface area (Å²) in [5.74, 6) is 3.61. The summed E-state index contributed by atoms with van der Waals surface area (Å²) in [6, 6.07) is 0. The molecular weight excluding hydrogens is 379 g/mol. The third-order valence-electron chi connectivity index (χ3n) is 9.43. The fraction of sp³-hybridized carbons (Fsp3) is 0.733. The van der Waals surface area contributed by atoms with Crippen LogP contribution in [0.2, 0.25) is 0 Å². The molecule has 1 heteroatoms. The molecule has 2 saturated carbocycles. The molecule has 1 aromatic carbocycles. The predicted molar refractivity (Wildman–Crippen MR) is 133 cm³/mol. The van der Waals surface area contributed by atoms with E-state index in [9.17, 15) is 4.39 Å². The zero-order valence-corrected chi connectivity index (χ0v) is 21.0. The maximum Gasteiger partial charge on any atom is 0.0827 e. The Hall–Kier alpha value is -1.11. The lowest BCUT2D eigenvalue weighted by Crippen LogP contribution is -2.18. The second-order valence-electron chi connectivity index (χ2n) is 11.1. The van der Waals surface area contributed by atoms with Gasteiger partial charge in [-0.05, 0) is 124 Å². The second kappa shape index (κ2) is 11.7. The summed E-state index contributed by atoms with van der Waals surface area (Å²) in [6.45, 7) is 11.6. The van der Waals surface area contributed by atoms with Gasteiger partial charge in [0.2, 0.25) is 0 Å². The maximum absolute atomic E-state index is 12.2. The molecule has 0 saturated heterocycles. The minimum absolute atomic E-state index is 0.730. The molecular formula is C30H47F. The number of rotatable bonds is 8. The fourth-order valence-corrected chi connectivity index (χ4v) is 6.58. The summed E-state index contributed by atoms with van der Waals surface area (Å²) < 4.78 is 12.2. The van der Waals surface area contributed by atoms with E-state index in [1.807, 2.05) is 0 Å². The normalized spacial score (nSPS) is 27.2. The van der Waals surface area contributed by atoms with Crippen molar-refractivity contribution in [1.82, 2.24) is 0 Å². The average molecular weight is 427 g/mol. The largest absolute Gasteiger partial charge is 0.216 e. The molecule has 1 aromatic rings. The summed E-state index contributed by atoms with van der Waals surface area (Å²) >= 11 is 0. The van der Waals surface area contributed by atoms with Crippen LogP contribution < -0.4 is 0 Å². The fourth-order valence-electron chi connectivity index (χ4n) is 6.58. The van der Waals surface area contributed by atoms with Crippen molar-refractivity contribution in [3.05, 3.63) is 45.8 Å². The third-order valence-corrected chi connectivity index (χ3v) is 9.43. The van der Waals surface area contributed by atoms with Crippen LogP contribution in [0.15, 0.2) is 12.4 Å². The number of halogens is 1. The van der Waals surface area contributed by atoms with E-state index >= 15 is 0 Å². The Labute approximate surface area is 192 Å². The summed E-state index contributed by atoms with van der Waals surface area (Å²) in [4.78, 5) is 0. The Balaban J connectivity index is 1.37. The Kier molecular flexibility index (Phi) is 9.23. The standard InChI is InChI=1S/C30H47F/c1-21-22(2)24(4)30(25(5)23(21)3)19-18-29-16-14-28(15-17-29)13-12-27-10-8-26(9-11-27)7-6-20-31/h6,20,26-29H,7-19H2,1-5H3/b20-6+. The molecule has 0 atom stereocenters. The van der Waals surface area contributed by atoms with Crippen LogP contribution in [0.5, 0.6) is 0 Å². The van der Waals surface area contributed by atoms with Crippen molar-refractivity contribution in [2.45, 2.75) is 118 Å². The minimum atomic E-state index is 0.730. The Morgan fingerprint density at radius 2 is 0.968 bits per heavy atom. The van der Waals surface area contributed by atoms with Gasteiger partial charge in [0.05, 0.1) is 6.33 Å². The van der Waals surface area contributed by atoms with Gasteiger partial charge < -0.3 is 0 Å². The molecule has 0 aromatic heterocycles. The lowest BCUT2D eigenvalue weighted by atomic mass is 9.74. The quantitative estimate of drug-likeness (QED) is 0.388. The van der Waals surface area contributed by atoms with Crippen molar-refractivity contribution in [3.8, 4) is 0 Å². The van der Waals surface area contributed by atoms with Crippen molar-refractivity contribution in [3.63, 3.8) is 0 Å². The van der Waals surface area contributed by atoms with Crippen LogP contribution in [0.3, 0.4) is 0 Å². The van der Waals surface area contributed by atoms with E-state index in [0.29, 0.717) is 0 Å². The van der Waals surface area contributed by atoms with E-state index in [-0.39, 0.29) is 0 Å². The highest BCUT2D eigenvalue weighted by Gasteiger charge is 2.25. The van der Waals surface area contributed by atoms with Crippen LogP contribution in [0.25, 0.3) is 0 Å². The highest BCUT2D eigenvalue weighted by atomic mass is 19.1. The van der Waals surface area contributed by atoms with Crippen LogP contribution in [-0.2, 0) is 6.42 Å². The highest BCUT2D eigenvalue weighted by molar-refractivity contribution is 5.49.